The Balaban J connectivity index is 1.33. The molecule has 1 aliphatic carbocycles. The van der Waals surface area contributed by atoms with Gasteiger partial charge in [0.1, 0.15) is 4.32 Å². The van der Waals surface area contributed by atoms with E-state index in [0.717, 1.165) is 23.0 Å². The standard InChI is InChI=1S/C26H32N2S2/c1-25(2)12-13-26(3,4)22-15-18(9-10-21(22)25)17-30-24(29)27-14-11-19-16-28-23-8-6-5-7-20(19)23/h5-10,15-16,28H,11-14,17H2,1-4H3,(H,27,29). The molecule has 0 saturated heterocycles. The predicted octanol–water partition coefficient (Wildman–Crippen LogP) is 6.87. The molecule has 0 aliphatic heterocycles. The summed E-state index contributed by atoms with van der Waals surface area (Å²) in [5.41, 5.74) is 7.47. The van der Waals surface area contributed by atoms with Crippen LogP contribution in [0, 0.1) is 0 Å². The van der Waals surface area contributed by atoms with Crippen molar-refractivity contribution in [2.45, 2.75) is 63.5 Å². The van der Waals surface area contributed by atoms with E-state index in [9.17, 15) is 0 Å². The number of fused-ring (bicyclic) bond motifs is 2. The van der Waals surface area contributed by atoms with Gasteiger partial charge in [-0.2, -0.15) is 0 Å². The molecule has 0 fully saturated rings. The third-order valence-corrected chi connectivity index (χ3v) is 8.01. The van der Waals surface area contributed by atoms with E-state index in [2.05, 4.69) is 86.7 Å². The average molecular weight is 437 g/mol. The minimum Gasteiger partial charge on any atom is -0.371 e. The van der Waals surface area contributed by atoms with Crippen LogP contribution in [0.1, 0.15) is 62.8 Å². The van der Waals surface area contributed by atoms with Crippen molar-refractivity contribution < 1.29 is 0 Å². The van der Waals surface area contributed by atoms with Crippen LogP contribution in [0.4, 0.5) is 0 Å². The highest BCUT2D eigenvalue weighted by Gasteiger charge is 2.36. The molecule has 0 amide bonds. The third-order valence-electron chi connectivity index (χ3n) is 6.63. The number of aromatic nitrogens is 1. The van der Waals surface area contributed by atoms with Gasteiger partial charge >= 0.3 is 0 Å². The van der Waals surface area contributed by atoms with Gasteiger partial charge in [-0.05, 0) is 58.4 Å². The number of hydrogen-bond donors (Lipinski definition) is 2. The maximum absolute atomic E-state index is 5.59. The topological polar surface area (TPSA) is 27.8 Å². The summed E-state index contributed by atoms with van der Waals surface area (Å²) in [5.74, 6) is 0.919. The Morgan fingerprint density at radius 1 is 1.03 bits per heavy atom. The number of rotatable bonds is 5. The van der Waals surface area contributed by atoms with Crippen LogP contribution in [0.2, 0.25) is 0 Å². The molecule has 30 heavy (non-hydrogen) atoms. The molecule has 1 heterocycles. The zero-order valence-corrected chi connectivity index (χ0v) is 20.1. The van der Waals surface area contributed by atoms with Crippen molar-refractivity contribution in [1.29, 1.82) is 0 Å². The Bertz CT molecular complexity index is 1060. The van der Waals surface area contributed by atoms with E-state index in [1.54, 1.807) is 11.8 Å². The van der Waals surface area contributed by atoms with Crippen molar-refractivity contribution in [2.75, 3.05) is 6.54 Å². The van der Waals surface area contributed by atoms with Gasteiger partial charge in [0.15, 0.2) is 0 Å². The van der Waals surface area contributed by atoms with Crippen LogP contribution in [-0.2, 0) is 23.0 Å². The summed E-state index contributed by atoms with van der Waals surface area (Å²) in [4.78, 5) is 3.34. The molecule has 4 heteroatoms. The predicted molar refractivity (Wildman–Crippen MR) is 136 cm³/mol. The SMILES string of the molecule is CC1(C)CCC(C)(C)c2cc(CSC(=S)NCCc3c[nH]c4ccccc34)ccc21. The van der Waals surface area contributed by atoms with E-state index in [1.807, 2.05) is 0 Å². The maximum Gasteiger partial charge on any atom is 0.134 e. The number of H-pyrrole nitrogens is 1. The number of benzene rings is 2. The summed E-state index contributed by atoms with van der Waals surface area (Å²) in [6, 6.07) is 15.5. The molecule has 4 rings (SSSR count). The number of aromatic amines is 1. The van der Waals surface area contributed by atoms with Gasteiger partial charge in [-0.25, -0.2) is 0 Å². The van der Waals surface area contributed by atoms with Crippen LogP contribution in [0.25, 0.3) is 10.9 Å². The first-order chi connectivity index (χ1) is 14.3. The Kier molecular flexibility index (Phi) is 6.00. The average Bonchev–Trinajstić information content (AvgIpc) is 3.13. The normalized spacial score (nSPS) is 16.9. The van der Waals surface area contributed by atoms with Crippen molar-refractivity contribution in [2.24, 2.45) is 0 Å². The molecule has 0 atom stereocenters. The fourth-order valence-electron chi connectivity index (χ4n) is 4.56. The highest BCUT2D eigenvalue weighted by atomic mass is 32.2. The molecule has 2 aromatic carbocycles. The first kappa shape index (κ1) is 21.5. The van der Waals surface area contributed by atoms with Crippen molar-refractivity contribution in [3.8, 4) is 0 Å². The van der Waals surface area contributed by atoms with Gasteiger partial charge in [-0.3, -0.25) is 0 Å². The smallest absolute Gasteiger partial charge is 0.134 e. The second-order valence-electron chi connectivity index (χ2n) is 9.76. The van der Waals surface area contributed by atoms with E-state index < -0.39 is 0 Å². The zero-order valence-electron chi connectivity index (χ0n) is 18.5. The fourth-order valence-corrected chi connectivity index (χ4v) is 5.52. The van der Waals surface area contributed by atoms with Crippen LogP contribution in [0.15, 0.2) is 48.7 Å². The summed E-state index contributed by atoms with van der Waals surface area (Å²) in [7, 11) is 0. The van der Waals surface area contributed by atoms with Crippen LogP contribution in [0.5, 0.6) is 0 Å². The van der Waals surface area contributed by atoms with Gasteiger partial charge in [0.05, 0.1) is 0 Å². The molecule has 1 aromatic heterocycles. The van der Waals surface area contributed by atoms with Crippen LogP contribution in [0.3, 0.4) is 0 Å². The van der Waals surface area contributed by atoms with E-state index in [1.165, 1.54) is 46.0 Å². The van der Waals surface area contributed by atoms with Crippen molar-refractivity contribution in [1.82, 2.24) is 10.3 Å². The van der Waals surface area contributed by atoms with Gasteiger partial charge in [0.2, 0.25) is 0 Å². The molecule has 3 aromatic rings. The lowest BCUT2D eigenvalue weighted by molar-refractivity contribution is 0.331. The number of nitrogens with one attached hydrogen (secondary N) is 2. The molecule has 0 unspecified atom stereocenters. The largest absolute Gasteiger partial charge is 0.371 e. The van der Waals surface area contributed by atoms with E-state index in [4.69, 9.17) is 12.2 Å². The highest BCUT2D eigenvalue weighted by Crippen LogP contribution is 2.46. The molecule has 1 aliphatic rings. The Hall–Kier alpha value is -1.78. The number of thiocarbonyl (C=S) groups is 1. The van der Waals surface area contributed by atoms with E-state index >= 15 is 0 Å². The van der Waals surface area contributed by atoms with Gasteiger partial charge in [0, 0.05) is 29.4 Å². The number of thioether (sulfide) groups is 1. The first-order valence-electron chi connectivity index (χ1n) is 10.9. The Morgan fingerprint density at radius 3 is 2.57 bits per heavy atom. The highest BCUT2D eigenvalue weighted by molar-refractivity contribution is 8.22. The van der Waals surface area contributed by atoms with Crippen molar-refractivity contribution in [3.63, 3.8) is 0 Å². The lowest BCUT2D eigenvalue weighted by Gasteiger charge is -2.42. The maximum atomic E-state index is 5.59. The van der Waals surface area contributed by atoms with Gasteiger partial charge in [-0.1, -0.05) is 88.1 Å². The minimum atomic E-state index is 0.254. The quantitative estimate of drug-likeness (QED) is 0.428. The van der Waals surface area contributed by atoms with Crippen LogP contribution >= 0.6 is 24.0 Å². The summed E-state index contributed by atoms with van der Waals surface area (Å²) >= 11 is 7.32. The molecule has 2 nitrogen and oxygen atoms in total. The van der Waals surface area contributed by atoms with Crippen LogP contribution < -0.4 is 5.32 Å². The number of para-hydroxylation sites is 1. The molecule has 0 saturated carbocycles. The minimum absolute atomic E-state index is 0.254. The lowest BCUT2D eigenvalue weighted by Crippen LogP contribution is -2.33. The number of hydrogen-bond acceptors (Lipinski definition) is 2. The Labute approximate surface area is 190 Å². The van der Waals surface area contributed by atoms with E-state index in [-0.39, 0.29) is 10.8 Å². The summed E-state index contributed by atoms with van der Waals surface area (Å²) < 4.78 is 0.882. The summed E-state index contributed by atoms with van der Waals surface area (Å²) in [5, 5.41) is 4.73. The summed E-state index contributed by atoms with van der Waals surface area (Å²) in [6.45, 7) is 10.4. The zero-order chi connectivity index (χ0) is 21.4. The second kappa shape index (κ2) is 8.39. The van der Waals surface area contributed by atoms with Gasteiger partial charge in [-0.15, -0.1) is 0 Å². The molecular weight excluding hydrogens is 404 g/mol. The molecule has 2 N–H and O–H groups in total. The van der Waals surface area contributed by atoms with E-state index in [0.29, 0.717) is 0 Å². The second-order valence-corrected chi connectivity index (χ2v) is 11.4. The molecule has 158 valence electrons. The molecule has 0 bridgehead atoms. The molecular formula is C26H32N2S2. The third kappa shape index (κ3) is 4.45. The lowest BCUT2D eigenvalue weighted by atomic mass is 9.63. The Morgan fingerprint density at radius 2 is 1.77 bits per heavy atom. The van der Waals surface area contributed by atoms with Crippen molar-refractivity contribution in [3.05, 3.63) is 70.9 Å². The summed E-state index contributed by atoms with van der Waals surface area (Å²) in [6.07, 6.45) is 5.58. The van der Waals surface area contributed by atoms with Gasteiger partial charge in [0.25, 0.3) is 0 Å². The van der Waals surface area contributed by atoms with Crippen molar-refractivity contribution >= 4 is 39.2 Å². The van der Waals surface area contributed by atoms with Gasteiger partial charge < -0.3 is 10.3 Å². The first-order valence-corrected chi connectivity index (χ1v) is 12.3. The molecule has 0 radical (unpaired) electrons. The monoisotopic (exact) mass is 436 g/mol. The fraction of sp³-hybridized carbons (Fsp3) is 0.423. The van der Waals surface area contributed by atoms with Crippen LogP contribution in [-0.4, -0.2) is 15.8 Å². The molecule has 0 spiro atoms.